The summed E-state index contributed by atoms with van der Waals surface area (Å²) in [5, 5.41) is 1.05. The van der Waals surface area contributed by atoms with E-state index in [4.69, 9.17) is 14.2 Å². The van der Waals surface area contributed by atoms with Crippen LogP contribution in [-0.4, -0.2) is 26.2 Å². The van der Waals surface area contributed by atoms with E-state index in [9.17, 15) is 0 Å². The van der Waals surface area contributed by atoms with E-state index in [1.54, 1.807) is 14.2 Å². The molecule has 0 spiro atoms. The number of benzene rings is 1. The van der Waals surface area contributed by atoms with Gasteiger partial charge in [0.15, 0.2) is 11.5 Å². The molecular weight excluding hydrogens is 296 g/mol. The molecule has 0 aromatic heterocycles. The number of hydrogen-bond donors (Lipinski definition) is 0. The molecule has 18 heavy (non-hydrogen) atoms. The average Bonchev–Trinajstić information content (AvgIpc) is 2.39. The first-order chi connectivity index (χ1) is 8.72. The van der Waals surface area contributed by atoms with Crippen LogP contribution >= 0.6 is 15.9 Å². The highest BCUT2D eigenvalue weighted by Gasteiger charge is 2.12. The molecule has 0 aliphatic heterocycles. The van der Waals surface area contributed by atoms with Crippen molar-refractivity contribution in [1.82, 2.24) is 0 Å². The number of aryl methyl sites for hydroxylation is 1. The highest BCUT2D eigenvalue weighted by molar-refractivity contribution is 9.09. The highest BCUT2D eigenvalue weighted by atomic mass is 79.9. The van der Waals surface area contributed by atoms with Crippen molar-refractivity contribution in [3.05, 3.63) is 17.7 Å². The van der Waals surface area contributed by atoms with Gasteiger partial charge in [0, 0.05) is 5.33 Å². The van der Waals surface area contributed by atoms with Crippen LogP contribution in [-0.2, 0) is 0 Å². The van der Waals surface area contributed by atoms with Gasteiger partial charge in [0.25, 0.3) is 0 Å². The van der Waals surface area contributed by atoms with Gasteiger partial charge in [0.05, 0.1) is 20.8 Å². The Morgan fingerprint density at radius 2 is 1.61 bits per heavy atom. The van der Waals surface area contributed by atoms with Crippen molar-refractivity contribution in [3.63, 3.8) is 0 Å². The van der Waals surface area contributed by atoms with Crippen LogP contribution in [0.15, 0.2) is 12.1 Å². The Balaban J connectivity index is 2.67. The SMILES string of the molecule is COc1cc(C)cc(OC)c1OCCCCCBr. The second-order valence-corrected chi connectivity index (χ2v) is 4.89. The number of rotatable bonds is 8. The summed E-state index contributed by atoms with van der Waals surface area (Å²) >= 11 is 3.42. The van der Waals surface area contributed by atoms with Gasteiger partial charge in [-0.3, -0.25) is 0 Å². The third kappa shape index (κ3) is 4.41. The third-order valence-electron chi connectivity index (χ3n) is 2.63. The summed E-state index contributed by atoms with van der Waals surface area (Å²) in [5.41, 5.74) is 1.09. The second-order valence-electron chi connectivity index (χ2n) is 4.10. The molecule has 0 saturated carbocycles. The van der Waals surface area contributed by atoms with Crippen molar-refractivity contribution in [3.8, 4) is 17.2 Å². The molecule has 0 heterocycles. The van der Waals surface area contributed by atoms with Crippen LogP contribution in [0.5, 0.6) is 17.2 Å². The first-order valence-electron chi connectivity index (χ1n) is 6.14. The average molecular weight is 317 g/mol. The molecule has 0 saturated heterocycles. The zero-order chi connectivity index (χ0) is 13.4. The largest absolute Gasteiger partial charge is 0.493 e. The van der Waals surface area contributed by atoms with Crippen LogP contribution in [0.3, 0.4) is 0 Å². The van der Waals surface area contributed by atoms with E-state index in [0.717, 1.165) is 35.2 Å². The summed E-state index contributed by atoms with van der Waals surface area (Å²) in [7, 11) is 3.29. The van der Waals surface area contributed by atoms with Gasteiger partial charge in [-0.15, -0.1) is 0 Å². The van der Waals surface area contributed by atoms with E-state index in [1.807, 2.05) is 19.1 Å². The summed E-state index contributed by atoms with van der Waals surface area (Å²) in [5.74, 6) is 2.16. The summed E-state index contributed by atoms with van der Waals surface area (Å²) in [4.78, 5) is 0. The Labute approximate surface area is 118 Å². The molecule has 0 bridgehead atoms. The highest BCUT2D eigenvalue weighted by Crippen LogP contribution is 2.38. The van der Waals surface area contributed by atoms with Crippen LogP contribution < -0.4 is 14.2 Å². The fraction of sp³-hybridized carbons (Fsp3) is 0.571. The van der Waals surface area contributed by atoms with Crippen molar-refractivity contribution in [1.29, 1.82) is 0 Å². The van der Waals surface area contributed by atoms with Gasteiger partial charge in [0.2, 0.25) is 5.75 Å². The summed E-state index contributed by atoms with van der Waals surface area (Å²) in [6, 6.07) is 3.91. The summed E-state index contributed by atoms with van der Waals surface area (Å²) in [6.45, 7) is 2.69. The Morgan fingerprint density at radius 1 is 1.00 bits per heavy atom. The predicted molar refractivity (Wildman–Crippen MR) is 77.4 cm³/mol. The maximum atomic E-state index is 5.79. The number of ether oxygens (including phenoxy) is 3. The van der Waals surface area contributed by atoms with Gasteiger partial charge in [0.1, 0.15) is 0 Å². The van der Waals surface area contributed by atoms with E-state index in [1.165, 1.54) is 6.42 Å². The molecule has 1 aromatic rings. The van der Waals surface area contributed by atoms with E-state index in [0.29, 0.717) is 12.4 Å². The molecule has 0 radical (unpaired) electrons. The minimum Gasteiger partial charge on any atom is -0.493 e. The van der Waals surface area contributed by atoms with Crippen LogP contribution in [0, 0.1) is 6.92 Å². The Bertz CT molecular complexity index is 341. The minimum absolute atomic E-state index is 0.683. The molecule has 0 aliphatic carbocycles. The van der Waals surface area contributed by atoms with Gasteiger partial charge in [-0.1, -0.05) is 15.9 Å². The molecule has 3 nitrogen and oxygen atoms in total. The zero-order valence-electron chi connectivity index (χ0n) is 11.3. The van der Waals surface area contributed by atoms with Gasteiger partial charge >= 0.3 is 0 Å². The summed E-state index contributed by atoms with van der Waals surface area (Å²) in [6.07, 6.45) is 3.36. The number of halogens is 1. The van der Waals surface area contributed by atoms with Crippen LogP contribution in [0.2, 0.25) is 0 Å². The van der Waals surface area contributed by atoms with Crippen molar-refractivity contribution in [2.24, 2.45) is 0 Å². The number of unbranched alkanes of at least 4 members (excludes halogenated alkanes) is 2. The van der Waals surface area contributed by atoms with Crippen molar-refractivity contribution >= 4 is 15.9 Å². The van der Waals surface area contributed by atoms with Crippen LogP contribution in [0.4, 0.5) is 0 Å². The molecule has 1 aromatic carbocycles. The first kappa shape index (κ1) is 15.2. The maximum Gasteiger partial charge on any atom is 0.203 e. The van der Waals surface area contributed by atoms with Gasteiger partial charge in [-0.25, -0.2) is 0 Å². The van der Waals surface area contributed by atoms with Gasteiger partial charge in [-0.2, -0.15) is 0 Å². The maximum absolute atomic E-state index is 5.79. The quantitative estimate of drug-likeness (QED) is 0.536. The third-order valence-corrected chi connectivity index (χ3v) is 3.19. The number of alkyl halides is 1. The lowest BCUT2D eigenvalue weighted by Crippen LogP contribution is -2.02. The molecule has 0 aliphatic rings. The Kier molecular flexibility index (Phi) is 6.94. The molecule has 0 amide bonds. The van der Waals surface area contributed by atoms with E-state index in [-0.39, 0.29) is 0 Å². The molecule has 0 atom stereocenters. The zero-order valence-corrected chi connectivity index (χ0v) is 12.9. The fourth-order valence-electron chi connectivity index (χ4n) is 1.70. The summed E-state index contributed by atoms with van der Waals surface area (Å²) < 4.78 is 16.5. The van der Waals surface area contributed by atoms with Crippen molar-refractivity contribution < 1.29 is 14.2 Å². The lowest BCUT2D eigenvalue weighted by atomic mass is 10.2. The number of methoxy groups -OCH3 is 2. The topological polar surface area (TPSA) is 27.7 Å². The van der Waals surface area contributed by atoms with Crippen LogP contribution in [0.25, 0.3) is 0 Å². The van der Waals surface area contributed by atoms with E-state index < -0.39 is 0 Å². The predicted octanol–water partition coefficient (Wildman–Crippen LogP) is 3.96. The fourth-order valence-corrected chi connectivity index (χ4v) is 2.10. The molecule has 4 heteroatoms. The molecule has 0 N–H and O–H groups in total. The second kappa shape index (κ2) is 8.25. The smallest absolute Gasteiger partial charge is 0.203 e. The molecule has 1 rings (SSSR count). The molecule has 0 fully saturated rings. The standard InChI is InChI=1S/C14H21BrO3/c1-11-9-12(16-2)14(13(10-11)17-3)18-8-6-4-5-7-15/h9-10H,4-8H2,1-3H3. The Hall–Kier alpha value is -0.900. The van der Waals surface area contributed by atoms with E-state index >= 15 is 0 Å². The van der Waals surface area contributed by atoms with Crippen molar-refractivity contribution in [2.45, 2.75) is 26.2 Å². The normalized spacial score (nSPS) is 10.2. The lowest BCUT2D eigenvalue weighted by Gasteiger charge is -2.15. The van der Waals surface area contributed by atoms with Crippen molar-refractivity contribution in [2.75, 3.05) is 26.2 Å². The molecular formula is C14H21BrO3. The van der Waals surface area contributed by atoms with Gasteiger partial charge in [-0.05, 0) is 43.9 Å². The lowest BCUT2D eigenvalue weighted by molar-refractivity contribution is 0.268. The monoisotopic (exact) mass is 316 g/mol. The minimum atomic E-state index is 0.683. The Morgan fingerprint density at radius 3 is 2.11 bits per heavy atom. The molecule has 0 unspecified atom stereocenters. The van der Waals surface area contributed by atoms with Crippen LogP contribution in [0.1, 0.15) is 24.8 Å². The van der Waals surface area contributed by atoms with E-state index in [2.05, 4.69) is 15.9 Å². The van der Waals surface area contributed by atoms with Gasteiger partial charge < -0.3 is 14.2 Å². The number of hydrogen-bond acceptors (Lipinski definition) is 3. The first-order valence-corrected chi connectivity index (χ1v) is 7.26. The molecule has 102 valence electrons.